The molecule has 7 nitrogen and oxygen atoms in total. The van der Waals surface area contributed by atoms with E-state index in [4.69, 9.17) is 19.9 Å². The number of Topliss-reactive ketones (excluding diaryl/α,β-unsaturated/α-hetero) is 1. The zero-order chi connectivity index (χ0) is 20.6. The van der Waals surface area contributed by atoms with Crippen LogP contribution < -0.4 is 15.2 Å². The molecule has 2 heterocycles. The first-order chi connectivity index (χ1) is 13.3. The maximum atomic E-state index is 13.1. The molecule has 0 aromatic heterocycles. The summed E-state index contributed by atoms with van der Waals surface area (Å²) >= 11 is 3.49. The first-order valence-corrected chi connectivity index (χ1v) is 9.54. The second kappa shape index (κ2) is 7.68. The Labute approximate surface area is 171 Å². The van der Waals surface area contributed by atoms with Crippen LogP contribution in [0, 0.1) is 17.2 Å². The summed E-state index contributed by atoms with van der Waals surface area (Å²) in [4.78, 5) is 17.5. The van der Waals surface area contributed by atoms with Gasteiger partial charge in [0.1, 0.15) is 11.6 Å². The maximum absolute atomic E-state index is 13.1. The molecule has 2 unspecified atom stereocenters. The molecule has 1 aromatic rings. The molecule has 2 aliphatic heterocycles. The van der Waals surface area contributed by atoms with Crippen LogP contribution in [0.2, 0.25) is 0 Å². The van der Waals surface area contributed by atoms with Crippen molar-refractivity contribution < 1.29 is 19.0 Å². The van der Waals surface area contributed by atoms with Gasteiger partial charge in [0.25, 0.3) is 0 Å². The molecule has 0 saturated heterocycles. The normalized spacial score (nSPS) is 21.6. The fourth-order valence-corrected chi connectivity index (χ4v) is 3.85. The third-order valence-electron chi connectivity index (χ3n) is 4.84. The molecule has 0 aliphatic carbocycles. The number of carbonyl (C=O) groups excluding carboxylic acids is 1. The topological polar surface area (TPSA) is 107 Å². The predicted octanol–water partition coefficient (Wildman–Crippen LogP) is 3.56. The molecule has 8 heteroatoms. The van der Waals surface area contributed by atoms with Gasteiger partial charge in [-0.25, -0.2) is 4.99 Å². The number of rotatable bonds is 4. The van der Waals surface area contributed by atoms with Crippen LogP contribution in [0.3, 0.4) is 0 Å². The van der Waals surface area contributed by atoms with Crippen molar-refractivity contribution in [3.05, 3.63) is 45.1 Å². The third kappa shape index (κ3) is 3.16. The minimum atomic E-state index is -0.707. The van der Waals surface area contributed by atoms with Gasteiger partial charge in [0.05, 0.1) is 35.6 Å². The Bertz CT molecular complexity index is 988. The number of ether oxygens (including phenoxy) is 3. The number of ketones is 1. The number of methoxy groups -OCH3 is 1. The maximum Gasteiger partial charge on any atom is 0.228 e. The van der Waals surface area contributed by atoms with Crippen molar-refractivity contribution in [3.8, 4) is 17.6 Å². The van der Waals surface area contributed by atoms with E-state index in [-0.39, 0.29) is 23.1 Å². The molecule has 146 valence electrons. The highest BCUT2D eigenvalue weighted by Crippen LogP contribution is 2.46. The quantitative estimate of drug-likeness (QED) is 0.758. The fourth-order valence-electron chi connectivity index (χ4n) is 3.28. The second-order valence-electron chi connectivity index (χ2n) is 6.45. The number of nitrogens with zero attached hydrogens (tertiary/aromatic N) is 2. The van der Waals surface area contributed by atoms with E-state index in [2.05, 4.69) is 27.0 Å². The molecule has 3 rings (SSSR count). The molecule has 0 amide bonds. The van der Waals surface area contributed by atoms with Gasteiger partial charge in [0, 0.05) is 5.71 Å². The van der Waals surface area contributed by atoms with Crippen molar-refractivity contribution in [3.63, 3.8) is 0 Å². The van der Waals surface area contributed by atoms with Crippen molar-refractivity contribution >= 4 is 27.4 Å². The highest BCUT2D eigenvalue weighted by Gasteiger charge is 2.41. The standard InChI is InChI=1S/C20H20BrN3O4/c1-5-27-18-13(21)6-11(7-14(18)26-4)15-12(8-22)19(23)28-20-16(15)17(25)9(2)10(3)24-20/h6-7,9,15H,5,23H2,1-4H3. The Balaban J connectivity index is 2.25. The van der Waals surface area contributed by atoms with Crippen LogP contribution in [0.5, 0.6) is 11.5 Å². The number of carbonyl (C=O) groups is 1. The summed E-state index contributed by atoms with van der Waals surface area (Å²) in [6.45, 7) is 5.88. The Morgan fingerprint density at radius 1 is 1.43 bits per heavy atom. The highest BCUT2D eigenvalue weighted by atomic mass is 79.9. The van der Waals surface area contributed by atoms with E-state index in [1.165, 1.54) is 7.11 Å². The SMILES string of the molecule is CCOc1c(Br)cc(C2C(C#N)=C(N)OC3=C2C(=O)C(C)C(C)=N3)cc1OC. The van der Waals surface area contributed by atoms with Crippen LogP contribution in [0.15, 0.2) is 44.5 Å². The molecule has 0 fully saturated rings. The Kier molecular flexibility index (Phi) is 5.47. The zero-order valence-corrected chi connectivity index (χ0v) is 17.6. The van der Waals surface area contributed by atoms with Crippen LogP contribution in [0.4, 0.5) is 0 Å². The van der Waals surface area contributed by atoms with E-state index in [9.17, 15) is 10.1 Å². The number of allylic oxidation sites excluding steroid dienone is 2. The van der Waals surface area contributed by atoms with Crippen LogP contribution in [0.1, 0.15) is 32.3 Å². The summed E-state index contributed by atoms with van der Waals surface area (Å²) in [5.74, 6) is -0.148. The lowest BCUT2D eigenvalue weighted by atomic mass is 9.77. The lowest BCUT2D eigenvalue weighted by molar-refractivity contribution is -0.117. The minimum absolute atomic E-state index is 0.0610. The first-order valence-electron chi connectivity index (χ1n) is 8.75. The molecule has 0 saturated carbocycles. The van der Waals surface area contributed by atoms with Gasteiger partial charge < -0.3 is 19.9 Å². The number of hydrogen-bond donors (Lipinski definition) is 1. The van der Waals surface area contributed by atoms with E-state index in [1.807, 2.05) is 6.92 Å². The van der Waals surface area contributed by atoms with Crippen molar-refractivity contribution in [2.24, 2.45) is 16.6 Å². The van der Waals surface area contributed by atoms with Crippen LogP contribution >= 0.6 is 15.9 Å². The summed E-state index contributed by atoms with van der Waals surface area (Å²) in [5.41, 5.74) is 7.76. The Morgan fingerprint density at radius 2 is 2.14 bits per heavy atom. The van der Waals surface area contributed by atoms with Gasteiger partial charge >= 0.3 is 0 Å². The molecule has 0 radical (unpaired) electrons. The fraction of sp³-hybridized carbons (Fsp3) is 0.350. The van der Waals surface area contributed by atoms with Crippen LogP contribution in [0.25, 0.3) is 0 Å². The largest absolute Gasteiger partial charge is 0.493 e. The monoisotopic (exact) mass is 445 g/mol. The number of nitrogens with two attached hydrogens (primary N) is 1. The van der Waals surface area contributed by atoms with Gasteiger partial charge in [0.15, 0.2) is 17.3 Å². The number of hydrogen-bond acceptors (Lipinski definition) is 7. The number of halogens is 1. The minimum Gasteiger partial charge on any atom is -0.493 e. The summed E-state index contributed by atoms with van der Waals surface area (Å²) in [6.07, 6.45) is 0. The van der Waals surface area contributed by atoms with Crippen LogP contribution in [-0.4, -0.2) is 25.2 Å². The van der Waals surface area contributed by atoms with Crippen molar-refractivity contribution in [2.75, 3.05) is 13.7 Å². The smallest absolute Gasteiger partial charge is 0.228 e. The molecule has 2 atom stereocenters. The number of nitriles is 1. The van der Waals surface area contributed by atoms with Crippen LogP contribution in [-0.2, 0) is 9.53 Å². The molecule has 2 aliphatic rings. The van der Waals surface area contributed by atoms with E-state index in [0.717, 1.165) is 0 Å². The summed E-state index contributed by atoms with van der Waals surface area (Å²) in [6, 6.07) is 5.62. The Morgan fingerprint density at radius 3 is 2.75 bits per heavy atom. The van der Waals surface area contributed by atoms with Crippen molar-refractivity contribution in [1.29, 1.82) is 5.26 Å². The molecule has 28 heavy (non-hydrogen) atoms. The molecular formula is C20H20BrN3O4. The lowest BCUT2D eigenvalue weighted by Crippen LogP contribution is -2.33. The van der Waals surface area contributed by atoms with E-state index in [0.29, 0.717) is 39.4 Å². The van der Waals surface area contributed by atoms with Crippen molar-refractivity contribution in [2.45, 2.75) is 26.7 Å². The van der Waals surface area contributed by atoms with Gasteiger partial charge in [-0.2, -0.15) is 5.26 Å². The van der Waals surface area contributed by atoms with Gasteiger partial charge in [-0.05, 0) is 54.4 Å². The number of aliphatic imine (C=N–C) groups is 1. The predicted molar refractivity (Wildman–Crippen MR) is 107 cm³/mol. The molecular weight excluding hydrogens is 426 g/mol. The van der Waals surface area contributed by atoms with Gasteiger partial charge in [-0.1, -0.05) is 0 Å². The molecule has 0 spiro atoms. The summed E-state index contributed by atoms with van der Waals surface area (Å²) in [5, 5.41) is 9.72. The van der Waals surface area contributed by atoms with E-state index < -0.39 is 11.8 Å². The molecule has 0 bridgehead atoms. The number of benzene rings is 1. The average Bonchev–Trinajstić information content (AvgIpc) is 2.66. The Hall–Kier alpha value is -2.79. The highest BCUT2D eigenvalue weighted by molar-refractivity contribution is 9.10. The zero-order valence-electron chi connectivity index (χ0n) is 16.0. The van der Waals surface area contributed by atoms with Gasteiger partial charge in [0.2, 0.25) is 11.8 Å². The molecule has 1 aromatic carbocycles. The average molecular weight is 446 g/mol. The first kappa shape index (κ1) is 20.0. The summed E-state index contributed by atoms with van der Waals surface area (Å²) < 4.78 is 17.3. The lowest BCUT2D eigenvalue weighted by Gasteiger charge is -2.31. The van der Waals surface area contributed by atoms with Gasteiger partial charge in [-0.15, -0.1) is 0 Å². The third-order valence-corrected chi connectivity index (χ3v) is 5.43. The van der Waals surface area contributed by atoms with E-state index in [1.54, 1.807) is 26.0 Å². The van der Waals surface area contributed by atoms with Crippen molar-refractivity contribution in [1.82, 2.24) is 0 Å². The molecule has 2 N–H and O–H groups in total. The summed E-state index contributed by atoms with van der Waals surface area (Å²) in [7, 11) is 1.53. The van der Waals surface area contributed by atoms with Gasteiger partial charge in [-0.3, -0.25) is 4.79 Å². The second-order valence-corrected chi connectivity index (χ2v) is 7.30. The van der Waals surface area contributed by atoms with E-state index >= 15 is 0 Å².